The lowest BCUT2D eigenvalue weighted by atomic mass is 10.4. The molecule has 0 spiro atoms. The van der Waals surface area contributed by atoms with Crippen molar-refractivity contribution in [3.8, 4) is 0 Å². The molecule has 21 heavy (non-hydrogen) atoms. The smallest absolute Gasteiger partial charge is 0.252 e. The summed E-state index contributed by atoms with van der Waals surface area (Å²) < 4.78 is 11.5. The van der Waals surface area contributed by atoms with Crippen LogP contribution in [0.5, 0.6) is 0 Å². The average Bonchev–Trinajstić information content (AvgIpc) is 2.38. The first-order valence-corrected chi connectivity index (χ1v) is 15.0. The normalized spacial score (nSPS) is 13.6. The van der Waals surface area contributed by atoms with E-state index in [1.807, 2.05) is 0 Å². The van der Waals surface area contributed by atoms with E-state index in [4.69, 9.17) is 9.08 Å². The Kier molecular flexibility index (Phi) is 10.6. The predicted octanol–water partition coefficient (Wildman–Crippen LogP) is 6.60. The van der Waals surface area contributed by atoms with Crippen LogP contribution >= 0.6 is 0 Å². The van der Waals surface area contributed by atoms with E-state index in [2.05, 4.69) is 47.3 Å². The molecule has 0 unspecified atom stereocenters. The first-order chi connectivity index (χ1) is 9.78. The second-order valence-electron chi connectivity index (χ2n) is 7.40. The van der Waals surface area contributed by atoms with Crippen molar-refractivity contribution < 1.29 is 4.43 Å². The maximum atomic E-state index is 6.64. The maximum absolute atomic E-state index is 6.64. The molecule has 126 valence electrons. The lowest BCUT2D eigenvalue weighted by Crippen LogP contribution is -2.40. The van der Waals surface area contributed by atoms with Gasteiger partial charge < -0.3 is 4.43 Å². The molecule has 0 bridgehead atoms. The molecule has 0 aromatic heterocycles. The lowest BCUT2D eigenvalue weighted by Gasteiger charge is -2.33. The third-order valence-electron chi connectivity index (χ3n) is 3.81. The molecule has 0 N–H and O–H groups in total. The van der Waals surface area contributed by atoms with E-state index in [9.17, 15) is 0 Å². The molecule has 0 saturated carbocycles. The maximum Gasteiger partial charge on any atom is 0.252 e. The molecule has 0 fully saturated rings. The van der Waals surface area contributed by atoms with Gasteiger partial charge in [0.1, 0.15) is 0 Å². The molecule has 4 heteroatoms. The van der Waals surface area contributed by atoms with Crippen LogP contribution in [0.2, 0.25) is 37.8 Å². The number of unbranched alkanes of at least 4 members (excludes halogenated alkanes) is 3. The molecule has 0 aromatic rings. The van der Waals surface area contributed by atoms with Gasteiger partial charge in [-0.25, -0.2) is 0 Å². The highest BCUT2D eigenvalue weighted by Crippen LogP contribution is 2.30. The Morgan fingerprint density at radius 3 is 1.48 bits per heavy atom. The molecule has 0 rings (SSSR count). The fraction of sp³-hybridized carbons (Fsp3) is 0.941. The SMILES string of the molecule is CCCC[Si](CCCC)(CCCC)OC(C)=N[Si](C)(C)C. The molecule has 0 amide bonds. The van der Waals surface area contributed by atoms with Crippen LogP contribution in [0.1, 0.15) is 66.2 Å². The average molecular weight is 330 g/mol. The Morgan fingerprint density at radius 1 is 0.810 bits per heavy atom. The van der Waals surface area contributed by atoms with Gasteiger partial charge in [0.25, 0.3) is 8.32 Å². The summed E-state index contributed by atoms with van der Waals surface area (Å²) >= 11 is 0. The highest BCUT2D eigenvalue weighted by molar-refractivity contribution is 6.77. The Hall–Kier alpha value is -0.0962. The Labute approximate surface area is 136 Å². The van der Waals surface area contributed by atoms with Crippen molar-refractivity contribution in [3.05, 3.63) is 0 Å². The van der Waals surface area contributed by atoms with Gasteiger partial charge in [-0.2, -0.15) is 0 Å². The summed E-state index contributed by atoms with van der Waals surface area (Å²) in [5, 5.41) is 0. The molecule has 0 aliphatic heterocycles. The summed E-state index contributed by atoms with van der Waals surface area (Å²) in [6.07, 6.45) is 7.79. The van der Waals surface area contributed by atoms with E-state index in [0.717, 1.165) is 5.90 Å². The Morgan fingerprint density at radius 2 is 1.19 bits per heavy atom. The third-order valence-corrected chi connectivity index (χ3v) is 9.32. The van der Waals surface area contributed by atoms with Crippen molar-refractivity contribution in [1.29, 1.82) is 0 Å². The van der Waals surface area contributed by atoms with E-state index in [0.29, 0.717) is 0 Å². The van der Waals surface area contributed by atoms with Crippen molar-refractivity contribution >= 4 is 22.5 Å². The van der Waals surface area contributed by atoms with Crippen molar-refractivity contribution in [3.63, 3.8) is 0 Å². The van der Waals surface area contributed by atoms with Crippen LogP contribution in [0.4, 0.5) is 0 Å². The summed E-state index contributed by atoms with van der Waals surface area (Å²) in [5.74, 6) is 0.990. The van der Waals surface area contributed by atoms with Crippen LogP contribution in [0.25, 0.3) is 0 Å². The van der Waals surface area contributed by atoms with Gasteiger partial charge in [0.2, 0.25) is 0 Å². The summed E-state index contributed by atoms with van der Waals surface area (Å²) in [6, 6.07) is 3.96. The zero-order valence-corrected chi connectivity index (χ0v) is 17.7. The van der Waals surface area contributed by atoms with Crippen LogP contribution in [-0.4, -0.2) is 22.5 Å². The second-order valence-corrected chi connectivity index (χ2v) is 16.0. The van der Waals surface area contributed by atoms with E-state index in [-0.39, 0.29) is 0 Å². The minimum Gasteiger partial charge on any atom is -0.535 e. The first kappa shape index (κ1) is 20.9. The van der Waals surface area contributed by atoms with Gasteiger partial charge in [-0.1, -0.05) is 59.3 Å². The third kappa shape index (κ3) is 10.3. The van der Waals surface area contributed by atoms with Crippen molar-refractivity contribution in [2.24, 2.45) is 4.66 Å². The summed E-state index contributed by atoms with van der Waals surface area (Å²) in [5.41, 5.74) is 0. The molecule has 0 heterocycles. The van der Waals surface area contributed by atoms with Crippen LogP contribution in [-0.2, 0) is 4.43 Å². The van der Waals surface area contributed by atoms with Gasteiger partial charge in [-0.15, -0.1) is 0 Å². The standard InChI is InChI=1S/C17H39NOSi2/c1-8-11-14-21(15-12-9-2,16-13-10-3)19-17(4)18-20(5,6)7/h8-16H2,1-7H3. The first-order valence-electron chi connectivity index (χ1n) is 9.04. The summed E-state index contributed by atoms with van der Waals surface area (Å²) in [4.78, 5) is 0. The molecule has 0 atom stereocenters. The molecule has 0 aromatic carbocycles. The van der Waals surface area contributed by atoms with Crippen LogP contribution in [0.3, 0.4) is 0 Å². The largest absolute Gasteiger partial charge is 0.535 e. The van der Waals surface area contributed by atoms with Crippen LogP contribution in [0, 0.1) is 0 Å². The molecule has 2 nitrogen and oxygen atoms in total. The quantitative estimate of drug-likeness (QED) is 0.238. The molecule has 0 saturated heterocycles. The van der Waals surface area contributed by atoms with Crippen molar-refractivity contribution in [2.45, 2.75) is 104 Å². The predicted molar refractivity (Wildman–Crippen MR) is 102 cm³/mol. The number of rotatable bonds is 11. The van der Waals surface area contributed by atoms with Crippen molar-refractivity contribution in [1.82, 2.24) is 0 Å². The monoisotopic (exact) mass is 329 g/mol. The molecule has 0 aliphatic carbocycles. The van der Waals surface area contributed by atoms with Crippen molar-refractivity contribution in [2.75, 3.05) is 0 Å². The minimum atomic E-state index is -1.63. The minimum absolute atomic E-state index is 0.990. The zero-order valence-electron chi connectivity index (χ0n) is 15.7. The molecular weight excluding hydrogens is 290 g/mol. The van der Waals surface area contributed by atoms with E-state index < -0.39 is 16.6 Å². The zero-order chi connectivity index (χ0) is 16.4. The molecular formula is C17H39NOSi2. The van der Waals surface area contributed by atoms with Gasteiger partial charge >= 0.3 is 0 Å². The Balaban J connectivity index is 5.06. The highest BCUT2D eigenvalue weighted by Gasteiger charge is 2.35. The van der Waals surface area contributed by atoms with Crippen LogP contribution < -0.4 is 0 Å². The number of hydrogen-bond acceptors (Lipinski definition) is 2. The van der Waals surface area contributed by atoms with E-state index in [1.54, 1.807) is 0 Å². The second kappa shape index (κ2) is 10.6. The summed E-state index contributed by atoms with van der Waals surface area (Å²) in [6.45, 7) is 15.8. The molecule has 0 aliphatic rings. The number of nitrogens with zero attached hydrogens (tertiary/aromatic N) is 1. The van der Waals surface area contributed by atoms with Crippen LogP contribution in [0.15, 0.2) is 4.66 Å². The summed E-state index contributed by atoms with van der Waals surface area (Å²) in [7, 11) is -3.06. The lowest BCUT2D eigenvalue weighted by molar-refractivity contribution is 0.502. The van der Waals surface area contributed by atoms with Gasteiger partial charge in [0.05, 0.1) is 0 Å². The number of hydrogen-bond donors (Lipinski definition) is 0. The van der Waals surface area contributed by atoms with E-state index in [1.165, 1.54) is 56.7 Å². The fourth-order valence-electron chi connectivity index (χ4n) is 2.83. The topological polar surface area (TPSA) is 21.6 Å². The van der Waals surface area contributed by atoms with Gasteiger partial charge in [0, 0.05) is 6.92 Å². The van der Waals surface area contributed by atoms with E-state index >= 15 is 0 Å². The fourth-order valence-corrected chi connectivity index (χ4v) is 8.64. The van der Waals surface area contributed by atoms with Gasteiger partial charge in [-0.3, -0.25) is 4.66 Å². The highest BCUT2D eigenvalue weighted by atomic mass is 28.4. The molecule has 0 radical (unpaired) electrons. The Bertz CT molecular complexity index is 276. The van der Waals surface area contributed by atoms with Gasteiger partial charge in [0.15, 0.2) is 14.1 Å². The van der Waals surface area contributed by atoms with Gasteiger partial charge in [-0.05, 0) is 37.8 Å².